The molecule has 25 rings (SSSR count). The molecule has 4 aliphatic rings. The summed E-state index contributed by atoms with van der Waals surface area (Å²) in [6, 6.07) is 146. The van der Waals surface area contributed by atoms with E-state index in [9.17, 15) is 0 Å². The van der Waals surface area contributed by atoms with Crippen LogP contribution in [0.25, 0.3) is 110 Å². The number of hydrogen-bond acceptors (Lipinski definition) is 4. The fourth-order valence-corrected chi connectivity index (χ4v) is 20.3. The summed E-state index contributed by atoms with van der Waals surface area (Å²) in [4.78, 5) is 10.4. The van der Waals surface area contributed by atoms with Crippen molar-refractivity contribution in [2.24, 2.45) is 0 Å². The lowest BCUT2D eigenvalue weighted by molar-refractivity contribution is 1.16. The van der Waals surface area contributed by atoms with Gasteiger partial charge in [0.1, 0.15) is 0 Å². The van der Waals surface area contributed by atoms with Crippen LogP contribution >= 0.6 is 0 Å². The standard InChI is InChI=1S/C102H64B2N8/c1-7-31-65(32-8-1)105-85-51-27-21-45-77(85)97-89(105)57-55-75-73-43-19-25-49-83(73)111(101(75)97)71-59-93-99-95(61-71)109(69-39-15-5-16-40-69)91-64-92-82(63-81(91)103(99)79-47-23-29-53-87(79)107(93)67-35-11-3-12-36-67)104-80-48-24-30-54-88(80)108(68-37-13-4-14-38-68)94-60-72(62-96(100(94)104)110(92)70-41-17-6-18-42-70)112-84-50-26-20-44-74(84)76-56-58-90-98(102(76)112)78-46-22-28-52-86(78)106(90)66-33-9-2-10-34-66/h1-64H. The molecule has 0 saturated carbocycles. The third-order valence-corrected chi connectivity index (χ3v) is 24.6. The van der Waals surface area contributed by atoms with Crippen molar-refractivity contribution in [2.45, 2.75) is 0 Å². The fraction of sp³-hybridized carbons (Fsp3) is 0. The van der Waals surface area contributed by atoms with Crippen molar-refractivity contribution in [2.75, 3.05) is 19.6 Å². The van der Waals surface area contributed by atoms with Crippen LogP contribution in [0.5, 0.6) is 0 Å². The first-order chi connectivity index (χ1) is 55.7. The quantitative estimate of drug-likeness (QED) is 0.142. The highest BCUT2D eigenvalue weighted by molar-refractivity contribution is 7.03. The van der Waals surface area contributed by atoms with Gasteiger partial charge in [0, 0.05) is 123 Å². The van der Waals surface area contributed by atoms with Crippen molar-refractivity contribution in [1.29, 1.82) is 0 Å². The van der Waals surface area contributed by atoms with Gasteiger partial charge in [0.25, 0.3) is 13.4 Å². The van der Waals surface area contributed by atoms with E-state index < -0.39 is 0 Å². The molecule has 0 atom stereocenters. The maximum Gasteiger partial charge on any atom is 0.252 e. The molecule has 0 unspecified atom stereocenters. The van der Waals surface area contributed by atoms with Gasteiger partial charge >= 0.3 is 0 Å². The van der Waals surface area contributed by atoms with E-state index in [-0.39, 0.29) is 13.4 Å². The average Bonchev–Trinajstić information content (AvgIpc) is 0.691. The molecule has 0 spiro atoms. The van der Waals surface area contributed by atoms with Crippen molar-refractivity contribution in [1.82, 2.24) is 18.3 Å². The van der Waals surface area contributed by atoms with Gasteiger partial charge in [-0.05, 0) is 184 Å². The SMILES string of the molecule is c1ccc(N2c3ccccc3B3c4cc5c(cc4N(c4ccccc4)c4cc(-n6c7ccccc7c7ccc8c(c9ccccc9n8-c8ccccc8)c76)cc2c43)N(c2ccccc2)c2cc(-n3c4ccccc4c4ccc6c(c7ccccc7n6-c6ccccc6)c43)cc3c2B5c2ccccc2N3c2ccccc2)cc1. The first-order valence-electron chi connectivity index (χ1n) is 38.8. The van der Waals surface area contributed by atoms with Crippen LogP contribution in [0, 0.1) is 0 Å². The molecule has 0 radical (unpaired) electrons. The lowest BCUT2D eigenvalue weighted by atomic mass is 9.30. The van der Waals surface area contributed by atoms with E-state index in [0.29, 0.717) is 0 Å². The van der Waals surface area contributed by atoms with E-state index in [0.717, 1.165) is 113 Å². The van der Waals surface area contributed by atoms with Gasteiger partial charge in [-0.1, -0.05) is 237 Å². The molecular weight excluding hydrogens is 1360 g/mol. The Morgan fingerprint density at radius 3 is 0.804 bits per heavy atom. The summed E-state index contributed by atoms with van der Waals surface area (Å²) in [6.07, 6.45) is 0. The summed E-state index contributed by atoms with van der Waals surface area (Å²) in [5.74, 6) is 0. The first kappa shape index (κ1) is 61.3. The van der Waals surface area contributed by atoms with Crippen LogP contribution in [0.1, 0.15) is 0 Å². The van der Waals surface area contributed by atoms with Gasteiger partial charge in [0.05, 0.1) is 55.5 Å². The molecule has 4 aliphatic heterocycles. The van der Waals surface area contributed by atoms with Crippen molar-refractivity contribution >= 4 is 202 Å². The maximum absolute atomic E-state index is 2.66. The number of nitrogens with zero attached hydrogens (tertiary/aromatic N) is 8. The molecule has 0 saturated heterocycles. The van der Waals surface area contributed by atoms with E-state index in [2.05, 4.69) is 426 Å². The fourth-order valence-electron chi connectivity index (χ4n) is 20.3. The first-order valence-corrected chi connectivity index (χ1v) is 38.8. The van der Waals surface area contributed by atoms with Gasteiger partial charge in [-0.3, -0.25) is 0 Å². The summed E-state index contributed by atoms with van der Waals surface area (Å²) in [5, 5.41) is 9.65. The van der Waals surface area contributed by atoms with Crippen molar-refractivity contribution in [3.63, 3.8) is 0 Å². The molecule has 17 aromatic carbocycles. The van der Waals surface area contributed by atoms with Gasteiger partial charge in [-0.2, -0.15) is 0 Å². The van der Waals surface area contributed by atoms with E-state index in [1.54, 1.807) is 0 Å². The zero-order chi connectivity index (χ0) is 73.0. The van der Waals surface area contributed by atoms with E-state index >= 15 is 0 Å². The summed E-state index contributed by atoms with van der Waals surface area (Å²) in [5.41, 5.74) is 34.6. The molecule has 0 bridgehead atoms. The predicted molar refractivity (Wildman–Crippen MR) is 472 cm³/mol. The van der Waals surface area contributed by atoms with Crippen LogP contribution in [-0.4, -0.2) is 31.7 Å². The van der Waals surface area contributed by atoms with Gasteiger partial charge in [0.15, 0.2) is 0 Å². The average molecular weight is 1420 g/mol. The van der Waals surface area contributed by atoms with Crippen molar-refractivity contribution < 1.29 is 0 Å². The van der Waals surface area contributed by atoms with Crippen LogP contribution in [0.2, 0.25) is 0 Å². The number of aromatic nitrogens is 4. The summed E-state index contributed by atoms with van der Waals surface area (Å²) in [7, 11) is 0. The molecule has 21 aromatic rings. The molecule has 8 heterocycles. The minimum Gasteiger partial charge on any atom is -0.311 e. The summed E-state index contributed by atoms with van der Waals surface area (Å²) in [6.45, 7) is -0.422. The zero-order valence-corrected chi connectivity index (χ0v) is 60.7. The normalized spacial score (nSPS) is 13.2. The number of para-hydroxylation sites is 12. The van der Waals surface area contributed by atoms with Gasteiger partial charge in [-0.15, -0.1) is 0 Å². The highest BCUT2D eigenvalue weighted by Crippen LogP contribution is 2.53. The molecule has 518 valence electrons. The molecule has 0 fully saturated rings. The predicted octanol–water partition coefficient (Wildman–Crippen LogP) is 22.2. The highest BCUT2D eigenvalue weighted by Gasteiger charge is 2.49. The van der Waals surface area contributed by atoms with Crippen LogP contribution < -0.4 is 52.4 Å². The smallest absolute Gasteiger partial charge is 0.252 e. The highest BCUT2D eigenvalue weighted by atomic mass is 15.2. The Kier molecular flexibility index (Phi) is 12.8. The van der Waals surface area contributed by atoms with Crippen molar-refractivity contribution in [3.05, 3.63) is 388 Å². The second-order valence-corrected chi connectivity index (χ2v) is 30.2. The molecular formula is C102H64B2N8. The maximum atomic E-state index is 2.66. The van der Waals surface area contributed by atoms with Crippen molar-refractivity contribution in [3.8, 4) is 22.7 Å². The lowest BCUT2D eigenvalue weighted by Gasteiger charge is -2.47. The van der Waals surface area contributed by atoms with E-state index in [4.69, 9.17) is 0 Å². The van der Waals surface area contributed by atoms with Crippen LogP contribution in [-0.2, 0) is 0 Å². The van der Waals surface area contributed by atoms with Crippen LogP contribution in [0.3, 0.4) is 0 Å². The number of benzene rings is 17. The Hall–Kier alpha value is -14.7. The summed E-state index contributed by atoms with van der Waals surface area (Å²) >= 11 is 0. The Labute approximate surface area is 646 Å². The Morgan fingerprint density at radius 2 is 0.446 bits per heavy atom. The molecule has 0 aliphatic carbocycles. The Bertz CT molecular complexity index is 7090. The number of hydrogen-bond donors (Lipinski definition) is 0. The molecule has 0 N–H and O–H groups in total. The molecule has 112 heavy (non-hydrogen) atoms. The van der Waals surface area contributed by atoms with Gasteiger partial charge < -0.3 is 37.9 Å². The minimum absolute atomic E-state index is 0.211. The molecule has 10 heteroatoms. The van der Waals surface area contributed by atoms with Gasteiger partial charge in [0.2, 0.25) is 0 Å². The monoisotopic (exact) mass is 1420 g/mol. The van der Waals surface area contributed by atoms with Crippen LogP contribution in [0.15, 0.2) is 388 Å². The van der Waals surface area contributed by atoms with Crippen LogP contribution in [0.4, 0.5) is 68.2 Å². The largest absolute Gasteiger partial charge is 0.311 e. The van der Waals surface area contributed by atoms with E-state index in [1.807, 2.05) is 0 Å². The van der Waals surface area contributed by atoms with Gasteiger partial charge in [-0.25, -0.2) is 0 Å². The second-order valence-electron chi connectivity index (χ2n) is 30.2. The molecule has 4 aromatic heterocycles. The number of rotatable bonds is 8. The number of anilines is 12. The third kappa shape index (κ3) is 8.41. The minimum atomic E-state index is -0.211. The summed E-state index contributed by atoms with van der Waals surface area (Å²) < 4.78 is 10.1. The molecule has 0 amide bonds. The Balaban J connectivity index is 0.805. The zero-order valence-electron chi connectivity index (χ0n) is 60.7. The lowest BCUT2D eigenvalue weighted by Crippen LogP contribution is -2.65. The number of fused-ring (bicyclic) bond motifs is 22. The Morgan fingerprint density at radius 1 is 0.161 bits per heavy atom. The topological polar surface area (TPSA) is 32.7 Å². The molecule has 8 nitrogen and oxygen atoms in total. The third-order valence-electron chi connectivity index (χ3n) is 24.6. The van der Waals surface area contributed by atoms with E-state index in [1.165, 1.54) is 97.9 Å². The second kappa shape index (κ2) is 23.4.